The predicted molar refractivity (Wildman–Crippen MR) is 113 cm³/mol. The molecule has 1 aromatic carbocycles. The van der Waals surface area contributed by atoms with E-state index in [1.54, 1.807) is 13.3 Å². The van der Waals surface area contributed by atoms with Crippen LogP contribution in [0.4, 0.5) is 5.82 Å². The molecule has 1 aromatic heterocycles. The van der Waals surface area contributed by atoms with E-state index in [0.717, 1.165) is 31.0 Å². The largest absolute Gasteiger partial charge is 0.497 e. The first-order valence-corrected chi connectivity index (χ1v) is 10.0. The van der Waals surface area contributed by atoms with Crippen molar-refractivity contribution in [2.45, 2.75) is 38.5 Å². The van der Waals surface area contributed by atoms with Crippen molar-refractivity contribution in [3.05, 3.63) is 65.4 Å². The topological polar surface area (TPSA) is 63.2 Å². The minimum Gasteiger partial charge on any atom is -0.497 e. The summed E-state index contributed by atoms with van der Waals surface area (Å²) >= 11 is 0. The van der Waals surface area contributed by atoms with Gasteiger partial charge in [0.1, 0.15) is 11.6 Å². The zero-order valence-electron chi connectivity index (χ0n) is 16.5. The second-order valence-corrected chi connectivity index (χ2v) is 7.07. The first-order chi connectivity index (χ1) is 13.7. The molecule has 0 unspecified atom stereocenters. The van der Waals surface area contributed by atoms with Crippen LogP contribution in [0, 0.1) is 0 Å². The molecule has 0 fully saturated rings. The van der Waals surface area contributed by atoms with Crippen molar-refractivity contribution in [2.24, 2.45) is 0 Å². The smallest absolute Gasteiger partial charge is 0.252 e. The fraction of sp³-hybridized carbons (Fsp3) is 0.391. The van der Waals surface area contributed by atoms with Crippen molar-refractivity contribution in [1.82, 2.24) is 10.3 Å². The van der Waals surface area contributed by atoms with Gasteiger partial charge in [-0.1, -0.05) is 23.8 Å². The van der Waals surface area contributed by atoms with E-state index in [4.69, 9.17) is 4.74 Å². The van der Waals surface area contributed by atoms with Gasteiger partial charge >= 0.3 is 0 Å². The SMILES string of the molecule is COc1ccc(CCNc2ccc(C(=O)NCCC3=CCCCC3)cn2)cc1. The molecule has 0 aliphatic heterocycles. The maximum absolute atomic E-state index is 12.2. The van der Waals surface area contributed by atoms with Crippen LogP contribution in [0.2, 0.25) is 0 Å². The average molecular weight is 380 g/mol. The number of nitrogens with one attached hydrogen (secondary N) is 2. The van der Waals surface area contributed by atoms with Crippen LogP contribution in [0.15, 0.2) is 54.2 Å². The summed E-state index contributed by atoms with van der Waals surface area (Å²) in [5.41, 5.74) is 3.30. The monoisotopic (exact) mass is 379 g/mol. The molecule has 2 N–H and O–H groups in total. The molecule has 148 valence electrons. The lowest BCUT2D eigenvalue weighted by Crippen LogP contribution is -2.25. The van der Waals surface area contributed by atoms with Gasteiger partial charge in [0, 0.05) is 19.3 Å². The van der Waals surface area contributed by atoms with Gasteiger partial charge in [-0.05, 0) is 68.4 Å². The fourth-order valence-corrected chi connectivity index (χ4v) is 3.33. The fourth-order valence-electron chi connectivity index (χ4n) is 3.33. The number of carbonyl (C=O) groups excluding carboxylic acids is 1. The molecule has 2 aromatic rings. The molecule has 0 saturated heterocycles. The van der Waals surface area contributed by atoms with E-state index < -0.39 is 0 Å². The Kier molecular flexibility index (Phi) is 7.47. The minimum absolute atomic E-state index is 0.0614. The van der Waals surface area contributed by atoms with E-state index in [2.05, 4.69) is 33.8 Å². The summed E-state index contributed by atoms with van der Waals surface area (Å²) < 4.78 is 5.17. The molecule has 28 heavy (non-hydrogen) atoms. The zero-order chi connectivity index (χ0) is 19.6. The second kappa shape index (κ2) is 10.5. The van der Waals surface area contributed by atoms with Crippen LogP contribution in [0.5, 0.6) is 5.75 Å². The average Bonchev–Trinajstić information content (AvgIpc) is 2.75. The second-order valence-electron chi connectivity index (χ2n) is 7.07. The minimum atomic E-state index is -0.0614. The summed E-state index contributed by atoms with van der Waals surface area (Å²) in [6, 6.07) is 11.7. The summed E-state index contributed by atoms with van der Waals surface area (Å²) in [5.74, 6) is 1.58. The van der Waals surface area contributed by atoms with Crippen molar-refractivity contribution in [3.8, 4) is 5.75 Å². The molecule has 0 spiro atoms. The molecular formula is C23H29N3O2. The molecule has 0 atom stereocenters. The number of rotatable bonds is 9. The molecule has 3 rings (SSSR count). The maximum Gasteiger partial charge on any atom is 0.252 e. The van der Waals surface area contributed by atoms with Crippen molar-refractivity contribution in [1.29, 1.82) is 0 Å². The van der Waals surface area contributed by atoms with Gasteiger partial charge in [0.05, 0.1) is 12.7 Å². The predicted octanol–water partition coefficient (Wildman–Crippen LogP) is 4.37. The lowest BCUT2D eigenvalue weighted by Gasteiger charge is -2.13. The maximum atomic E-state index is 12.2. The van der Waals surface area contributed by atoms with Crippen molar-refractivity contribution < 1.29 is 9.53 Å². The molecule has 5 nitrogen and oxygen atoms in total. The highest BCUT2D eigenvalue weighted by Gasteiger charge is 2.08. The summed E-state index contributed by atoms with van der Waals surface area (Å²) in [5, 5.41) is 6.28. The summed E-state index contributed by atoms with van der Waals surface area (Å²) in [4.78, 5) is 16.6. The van der Waals surface area contributed by atoms with Gasteiger partial charge in [0.15, 0.2) is 0 Å². The van der Waals surface area contributed by atoms with Crippen LogP contribution in [-0.4, -0.2) is 31.1 Å². The Morgan fingerprint density at radius 3 is 2.61 bits per heavy atom. The molecule has 1 heterocycles. The summed E-state index contributed by atoms with van der Waals surface area (Å²) in [6.45, 7) is 1.46. The number of nitrogens with zero attached hydrogens (tertiary/aromatic N) is 1. The normalized spacial score (nSPS) is 13.5. The number of carbonyl (C=O) groups is 1. The molecule has 1 aliphatic rings. The highest BCUT2D eigenvalue weighted by molar-refractivity contribution is 5.94. The Hall–Kier alpha value is -2.82. The Morgan fingerprint density at radius 1 is 1.07 bits per heavy atom. The van der Waals surface area contributed by atoms with Crippen LogP contribution < -0.4 is 15.4 Å². The van der Waals surface area contributed by atoms with Gasteiger partial charge in [0.2, 0.25) is 0 Å². The van der Waals surface area contributed by atoms with Crippen LogP contribution in [0.25, 0.3) is 0 Å². The van der Waals surface area contributed by atoms with Crippen LogP contribution in [-0.2, 0) is 6.42 Å². The number of methoxy groups -OCH3 is 1. The summed E-state index contributed by atoms with van der Waals surface area (Å²) in [7, 11) is 1.67. The molecular weight excluding hydrogens is 350 g/mol. The summed E-state index contributed by atoms with van der Waals surface area (Å²) in [6.07, 6.45) is 10.7. The Labute approximate surface area is 167 Å². The van der Waals surface area contributed by atoms with E-state index in [1.807, 2.05) is 24.3 Å². The molecule has 1 amide bonds. The molecule has 5 heteroatoms. The van der Waals surface area contributed by atoms with Gasteiger partial charge in [-0.25, -0.2) is 4.98 Å². The Bertz CT molecular complexity index is 782. The Balaban J connectivity index is 1.39. The van der Waals surface area contributed by atoms with Gasteiger partial charge in [-0.2, -0.15) is 0 Å². The van der Waals surface area contributed by atoms with Crippen molar-refractivity contribution in [3.63, 3.8) is 0 Å². The third-order valence-corrected chi connectivity index (χ3v) is 5.02. The van der Waals surface area contributed by atoms with Gasteiger partial charge in [-0.15, -0.1) is 0 Å². The quantitative estimate of drug-likeness (QED) is 0.635. The van der Waals surface area contributed by atoms with E-state index >= 15 is 0 Å². The third kappa shape index (κ3) is 6.12. The highest BCUT2D eigenvalue weighted by atomic mass is 16.5. The number of allylic oxidation sites excluding steroid dienone is 1. The first-order valence-electron chi connectivity index (χ1n) is 10.0. The highest BCUT2D eigenvalue weighted by Crippen LogP contribution is 2.19. The number of benzene rings is 1. The van der Waals surface area contributed by atoms with Gasteiger partial charge in [0.25, 0.3) is 5.91 Å². The number of hydrogen-bond donors (Lipinski definition) is 2. The number of anilines is 1. The van der Waals surface area contributed by atoms with Gasteiger partial charge in [-0.3, -0.25) is 4.79 Å². The molecule has 0 bridgehead atoms. The molecule has 0 saturated carbocycles. The number of hydrogen-bond acceptors (Lipinski definition) is 4. The van der Waals surface area contributed by atoms with Crippen molar-refractivity contribution >= 4 is 11.7 Å². The van der Waals surface area contributed by atoms with Crippen molar-refractivity contribution in [2.75, 3.05) is 25.5 Å². The number of amides is 1. The first kappa shape index (κ1) is 19.9. The lowest BCUT2D eigenvalue weighted by atomic mass is 9.97. The lowest BCUT2D eigenvalue weighted by molar-refractivity contribution is 0.0953. The van der Waals surface area contributed by atoms with E-state index in [1.165, 1.54) is 36.8 Å². The van der Waals surface area contributed by atoms with Gasteiger partial charge < -0.3 is 15.4 Å². The van der Waals surface area contributed by atoms with E-state index in [9.17, 15) is 4.79 Å². The third-order valence-electron chi connectivity index (χ3n) is 5.02. The number of pyridine rings is 1. The standard InChI is InChI=1S/C23H29N3O2/c1-28-21-10-7-19(8-11-21)13-15-24-22-12-9-20(17-26-22)23(27)25-16-14-18-5-3-2-4-6-18/h5,7-12,17H,2-4,6,13-16H2,1H3,(H,24,26)(H,25,27). The molecule has 0 radical (unpaired) electrons. The van der Waals surface area contributed by atoms with Crippen LogP contribution in [0.1, 0.15) is 48.0 Å². The molecule has 1 aliphatic carbocycles. The number of aromatic nitrogens is 1. The van der Waals surface area contributed by atoms with E-state index in [-0.39, 0.29) is 5.91 Å². The van der Waals surface area contributed by atoms with E-state index in [0.29, 0.717) is 12.1 Å². The van der Waals surface area contributed by atoms with Crippen LogP contribution in [0.3, 0.4) is 0 Å². The zero-order valence-corrected chi connectivity index (χ0v) is 16.5. The van der Waals surface area contributed by atoms with Crippen LogP contribution >= 0.6 is 0 Å². The number of ether oxygens (including phenoxy) is 1. The Morgan fingerprint density at radius 2 is 1.93 bits per heavy atom.